The fraction of sp³-hybridized carbons (Fsp3) is 0.0588. The van der Waals surface area contributed by atoms with Crippen molar-refractivity contribution in [1.29, 1.82) is 0 Å². The number of non-ortho nitro benzene ring substituents is 1. The maximum Gasteiger partial charge on any atom is 0.359 e. The van der Waals surface area contributed by atoms with Crippen LogP contribution in [0, 0.1) is 15.9 Å². The lowest BCUT2D eigenvalue weighted by Crippen LogP contribution is -2.23. The van der Waals surface area contributed by atoms with E-state index in [0.717, 1.165) is 18.2 Å². The highest BCUT2D eigenvalue weighted by molar-refractivity contribution is 6.03. The average Bonchev–Trinajstić information content (AvgIpc) is 2.68. The number of aromatic amines is 1. The van der Waals surface area contributed by atoms with Gasteiger partial charge in [0.1, 0.15) is 5.82 Å². The fourth-order valence-corrected chi connectivity index (χ4v) is 2.38. The molecule has 0 aliphatic rings. The normalized spacial score (nSPS) is 10.5. The summed E-state index contributed by atoms with van der Waals surface area (Å²) in [5.41, 5.74) is -1.55. The van der Waals surface area contributed by atoms with Crippen LogP contribution in [-0.4, -0.2) is 33.6 Å². The molecule has 0 bridgehead atoms. The fourth-order valence-electron chi connectivity index (χ4n) is 2.38. The average molecular weight is 386 g/mol. The third kappa shape index (κ3) is 3.82. The monoisotopic (exact) mass is 386 g/mol. The lowest BCUT2D eigenvalue weighted by Gasteiger charge is -2.08. The number of nitrogens with one attached hydrogen (secondary N) is 2. The number of benzene rings is 2. The number of hydrogen-bond donors (Lipinski definition) is 2. The quantitative estimate of drug-likeness (QED) is 0.386. The summed E-state index contributed by atoms with van der Waals surface area (Å²) in [6.07, 6.45) is 0. The van der Waals surface area contributed by atoms with Crippen molar-refractivity contribution < 1.29 is 23.6 Å². The van der Waals surface area contributed by atoms with E-state index in [2.05, 4.69) is 15.5 Å². The Morgan fingerprint density at radius 1 is 1.21 bits per heavy atom. The largest absolute Gasteiger partial charge is 0.451 e. The summed E-state index contributed by atoms with van der Waals surface area (Å²) in [4.78, 5) is 45.8. The van der Waals surface area contributed by atoms with Crippen molar-refractivity contribution in [2.24, 2.45) is 0 Å². The number of fused-ring (bicyclic) bond motifs is 1. The molecule has 28 heavy (non-hydrogen) atoms. The van der Waals surface area contributed by atoms with Gasteiger partial charge in [-0.25, -0.2) is 14.3 Å². The first-order valence-corrected chi connectivity index (χ1v) is 7.75. The number of ether oxygens (including phenoxy) is 1. The Bertz CT molecular complexity index is 1160. The Morgan fingerprint density at radius 3 is 2.64 bits per heavy atom. The number of nitro benzene ring substituents is 1. The van der Waals surface area contributed by atoms with E-state index >= 15 is 0 Å². The molecule has 0 saturated carbocycles. The molecule has 2 N–H and O–H groups in total. The first-order valence-electron chi connectivity index (χ1n) is 7.75. The number of carbonyl (C=O) groups is 2. The second kappa shape index (κ2) is 7.61. The van der Waals surface area contributed by atoms with Crippen LogP contribution in [0.4, 0.5) is 15.8 Å². The third-order valence-corrected chi connectivity index (χ3v) is 3.66. The highest BCUT2D eigenvalue weighted by Crippen LogP contribution is 2.21. The van der Waals surface area contributed by atoms with Crippen LogP contribution in [0.25, 0.3) is 10.8 Å². The van der Waals surface area contributed by atoms with Crippen molar-refractivity contribution in [2.75, 3.05) is 11.9 Å². The molecule has 0 aliphatic carbocycles. The van der Waals surface area contributed by atoms with Gasteiger partial charge in [0.05, 0.1) is 16.0 Å². The molecule has 0 saturated heterocycles. The molecule has 0 spiro atoms. The molecule has 10 nitrogen and oxygen atoms in total. The molecule has 142 valence electrons. The van der Waals surface area contributed by atoms with E-state index in [-0.39, 0.29) is 16.5 Å². The highest BCUT2D eigenvalue weighted by Gasteiger charge is 2.18. The first-order chi connectivity index (χ1) is 13.4. The zero-order chi connectivity index (χ0) is 20.3. The zero-order valence-electron chi connectivity index (χ0n) is 14.0. The Labute approximate surface area is 155 Å². The predicted molar refractivity (Wildman–Crippen MR) is 94.3 cm³/mol. The molecule has 0 unspecified atom stereocenters. The van der Waals surface area contributed by atoms with E-state index in [1.54, 1.807) is 12.1 Å². The summed E-state index contributed by atoms with van der Waals surface area (Å²) in [5, 5.41) is 19.0. The van der Waals surface area contributed by atoms with Crippen molar-refractivity contribution in [3.63, 3.8) is 0 Å². The molecule has 3 aromatic rings. The number of amides is 1. The Hall–Kier alpha value is -4.15. The number of anilines is 1. The summed E-state index contributed by atoms with van der Waals surface area (Å²) in [6.45, 7) is -0.796. The molecule has 11 heteroatoms. The van der Waals surface area contributed by atoms with Crippen molar-refractivity contribution in [1.82, 2.24) is 10.2 Å². The van der Waals surface area contributed by atoms with Crippen molar-refractivity contribution in [2.45, 2.75) is 0 Å². The molecule has 0 atom stereocenters. The Balaban J connectivity index is 1.71. The van der Waals surface area contributed by atoms with Crippen LogP contribution in [0.2, 0.25) is 0 Å². The Kier molecular flexibility index (Phi) is 5.07. The molecule has 0 radical (unpaired) electrons. The van der Waals surface area contributed by atoms with E-state index in [4.69, 9.17) is 4.74 Å². The molecule has 0 aliphatic heterocycles. The van der Waals surface area contributed by atoms with Crippen LogP contribution < -0.4 is 10.9 Å². The van der Waals surface area contributed by atoms with Crippen LogP contribution >= 0.6 is 0 Å². The highest BCUT2D eigenvalue weighted by atomic mass is 19.1. The lowest BCUT2D eigenvalue weighted by molar-refractivity contribution is -0.384. The minimum Gasteiger partial charge on any atom is -0.451 e. The van der Waals surface area contributed by atoms with Crippen LogP contribution in [0.15, 0.2) is 47.3 Å². The molecule has 0 fully saturated rings. The third-order valence-electron chi connectivity index (χ3n) is 3.66. The van der Waals surface area contributed by atoms with Crippen molar-refractivity contribution >= 4 is 34.0 Å². The SMILES string of the molecule is O=C(COC(=O)c1n[nH]c(=O)c2ccccc12)Nc1cc([N+](=O)[O-])ccc1F. The van der Waals surface area contributed by atoms with Gasteiger partial charge >= 0.3 is 5.97 Å². The van der Waals surface area contributed by atoms with E-state index in [1.807, 2.05) is 0 Å². The van der Waals surface area contributed by atoms with Crippen LogP contribution in [-0.2, 0) is 9.53 Å². The first kappa shape index (κ1) is 18.6. The molecule has 1 heterocycles. The van der Waals surface area contributed by atoms with Gasteiger partial charge < -0.3 is 10.1 Å². The van der Waals surface area contributed by atoms with E-state index in [1.165, 1.54) is 12.1 Å². The van der Waals surface area contributed by atoms with Crippen LogP contribution in [0.5, 0.6) is 0 Å². The number of hydrogen-bond acceptors (Lipinski definition) is 7. The van der Waals surface area contributed by atoms with E-state index < -0.39 is 46.2 Å². The molecular formula is C17H11FN4O6. The lowest BCUT2D eigenvalue weighted by atomic mass is 10.1. The number of esters is 1. The molecular weight excluding hydrogens is 375 g/mol. The van der Waals surface area contributed by atoms with Gasteiger partial charge in [-0.3, -0.25) is 19.7 Å². The smallest absolute Gasteiger partial charge is 0.359 e. The van der Waals surface area contributed by atoms with Gasteiger partial charge in [0.15, 0.2) is 12.3 Å². The minimum atomic E-state index is -0.984. The number of aromatic nitrogens is 2. The maximum absolute atomic E-state index is 13.7. The minimum absolute atomic E-state index is 0.204. The number of nitro groups is 1. The van der Waals surface area contributed by atoms with Gasteiger partial charge in [0.2, 0.25) is 0 Å². The zero-order valence-corrected chi connectivity index (χ0v) is 14.0. The van der Waals surface area contributed by atoms with Crippen LogP contribution in [0.3, 0.4) is 0 Å². The van der Waals surface area contributed by atoms with Crippen LogP contribution in [0.1, 0.15) is 10.5 Å². The van der Waals surface area contributed by atoms with Gasteiger partial charge in [-0.1, -0.05) is 18.2 Å². The van der Waals surface area contributed by atoms with Crippen molar-refractivity contribution in [3.05, 3.63) is 74.4 Å². The molecule has 1 aromatic heterocycles. The summed E-state index contributed by atoms with van der Waals surface area (Å²) in [5.74, 6) is -2.79. The van der Waals surface area contributed by atoms with Gasteiger partial charge in [0.25, 0.3) is 17.2 Å². The van der Waals surface area contributed by atoms with E-state index in [0.29, 0.717) is 0 Å². The second-order valence-electron chi connectivity index (χ2n) is 5.49. The second-order valence-corrected chi connectivity index (χ2v) is 5.49. The molecule has 3 rings (SSSR count). The van der Waals surface area contributed by atoms with Gasteiger partial charge in [0, 0.05) is 17.5 Å². The van der Waals surface area contributed by atoms with Crippen molar-refractivity contribution in [3.8, 4) is 0 Å². The predicted octanol–water partition coefficient (Wildman–Crippen LogP) is 1.77. The summed E-state index contributed by atoms with van der Waals surface area (Å²) >= 11 is 0. The molecule has 1 amide bonds. The van der Waals surface area contributed by atoms with Gasteiger partial charge in [-0.15, -0.1) is 0 Å². The standard InChI is InChI=1S/C17H11FN4O6/c18-12-6-5-9(22(26)27)7-13(12)19-14(23)8-28-17(25)15-10-3-1-2-4-11(10)16(24)21-20-15/h1-7H,8H2,(H,19,23)(H,21,24). The number of rotatable bonds is 5. The van der Waals surface area contributed by atoms with E-state index in [9.17, 15) is 28.9 Å². The number of halogens is 1. The summed E-state index contributed by atoms with van der Waals surface area (Å²) in [6, 6.07) is 8.79. The number of H-pyrrole nitrogens is 1. The Morgan fingerprint density at radius 2 is 1.93 bits per heavy atom. The van der Waals surface area contributed by atoms with Gasteiger partial charge in [-0.2, -0.15) is 5.10 Å². The van der Waals surface area contributed by atoms with Gasteiger partial charge in [-0.05, 0) is 12.1 Å². The summed E-state index contributed by atoms with van der Waals surface area (Å²) in [7, 11) is 0. The topological polar surface area (TPSA) is 144 Å². The summed E-state index contributed by atoms with van der Waals surface area (Å²) < 4.78 is 18.5. The number of nitrogens with zero attached hydrogens (tertiary/aromatic N) is 2. The molecule has 2 aromatic carbocycles. The number of carbonyl (C=O) groups excluding carboxylic acids is 2. The maximum atomic E-state index is 13.7.